The molecule has 96 valence electrons. The average Bonchev–Trinajstić information content (AvgIpc) is 2.28. The van der Waals surface area contributed by atoms with E-state index in [1.54, 1.807) is 7.11 Å². The van der Waals surface area contributed by atoms with Gasteiger partial charge in [-0.05, 0) is 49.0 Å². The molecule has 0 aliphatic heterocycles. The van der Waals surface area contributed by atoms with Crippen molar-refractivity contribution in [2.45, 2.75) is 39.0 Å². The fourth-order valence-electron chi connectivity index (χ4n) is 1.97. The van der Waals surface area contributed by atoms with Crippen molar-refractivity contribution in [1.29, 1.82) is 0 Å². The summed E-state index contributed by atoms with van der Waals surface area (Å²) in [6, 6.07) is 6.55. The quantitative estimate of drug-likeness (QED) is 0.792. The van der Waals surface area contributed by atoms with Crippen molar-refractivity contribution in [3.63, 3.8) is 0 Å². The van der Waals surface area contributed by atoms with E-state index in [0.717, 1.165) is 18.7 Å². The third-order valence-corrected chi connectivity index (χ3v) is 2.96. The molecule has 0 aromatic heterocycles. The molecule has 0 heterocycles. The molecule has 0 saturated heterocycles. The highest BCUT2D eigenvalue weighted by atomic mass is 16.5. The van der Waals surface area contributed by atoms with Gasteiger partial charge in [-0.15, -0.1) is 0 Å². The van der Waals surface area contributed by atoms with Gasteiger partial charge >= 0.3 is 0 Å². The Morgan fingerprint density at radius 3 is 2.47 bits per heavy atom. The van der Waals surface area contributed by atoms with E-state index in [1.165, 1.54) is 17.5 Å². The highest BCUT2D eigenvalue weighted by Gasteiger charge is 2.18. The Kier molecular flexibility index (Phi) is 5.01. The minimum Gasteiger partial charge on any atom is -0.496 e. The van der Waals surface area contributed by atoms with Crippen LogP contribution in [0.2, 0.25) is 0 Å². The molecule has 2 nitrogen and oxygen atoms in total. The molecule has 1 aromatic carbocycles. The first-order chi connectivity index (χ1) is 7.99. The van der Waals surface area contributed by atoms with Crippen LogP contribution in [0.1, 0.15) is 38.3 Å². The lowest BCUT2D eigenvalue weighted by molar-refractivity contribution is 0.397. The molecule has 1 N–H and O–H groups in total. The highest BCUT2D eigenvalue weighted by molar-refractivity contribution is 5.41. The summed E-state index contributed by atoms with van der Waals surface area (Å²) in [6.45, 7) is 7.74. The SMILES string of the molecule is CNCCCc1ccc(OC)c(C(C)(C)C)c1. The maximum Gasteiger partial charge on any atom is 0.122 e. The zero-order chi connectivity index (χ0) is 12.9. The first-order valence-electron chi connectivity index (χ1n) is 6.31. The van der Waals surface area contributed by atoms with Crippen LogP contribution in [-0.4, -0.2) is 20.7 Å². The Bertz CT molecular complexity index is 352. The molecular formula is C15H25NO. The van der Waals surface area contributed by atoms with Gasteiger partial charge in [0.2, 0.25) is 0 Å². The van der Waals surface area contributed by atoms with Gasteiger partial charge in [-0.2, -0.15) is 0 Å². The molecule has 1 aromatic rings. The molecule has 0 unspecified atom stereocenters. The zero-order valence-corrected chi connectivity index (χ0v) is 11.8. The Morgan fingerprint density at radius 2 is 1.94 bits per heavy atom. The standard InChI is InChI=1S/C15H25NO/c1-15(2,3)13-11-12(7-6-10-16-4)8-9-14(13)17-5/h8-9,11,16H,6-7,10H2,1-5H3. The molecule has 0 aliphatic rings. The fraction of sp³-hybridized carbons (Fsp3) is 0.600. The van der Waals surface area contributed by atoms with Crippen LogP contribution >= 0.6 is 0 Å². The maximum absolute atomic E-state index is 5.44. The van der Waals surface area contributed by atoms with Crippen LogP contribution in [-0.2, 0) is 11.8 Å². The molecule has 17 heavy (non-hydrogen) atoms. The van der Waals surface area contributed by atoms with Gasteiger partial charge in [0.05, 0.1) is 7.11 Å². The van der Waals surface area contributed by atoms with Crippen molar-refractivity contribution in [3.8, 4) is 5.75 Å². The summed E-state index contributed by atoms with van der Waals surface area (Å²) in [5.41, 5.74) is 2.82. The molecule has 0 atom stereocenters. The number of hydrogen-bond acceptors (Lipinski definition) is 2. The molecule has 0 bridgehead atoms. The van der Waals surface area contributed by atoms with Crippen LogP contribution in [0.4, 0.5) is 0 Å². The van der Waals surface area contributed by atoms with E-state index in [0.29, 0.717) is 0 Å². The van der Waals surface area contributed by atoms with Crippen LogP contribution in [0.5, 0.6) is 5.75 Å². The third kappa shape index (κ3) is 4.04. The Hall–Kier alpha value is -1.02. The minimum absolute atomic E-state index is 0.129. The van der Waals surface area contributed by atoms with E-state index < -0.39 is 0 Å². The molecule has 0 spiro atoms. The van der Waals surface area contributed by atoms with Gasteiger partial charge in [0.15, 0.2) is 0 Å². The topological polar surface area (TPSA) is 21.3 Å². The molecule has 0 saturated carbocycles. The number of ether oxygens (including phenoxy) is 1. The predicted molar refractivity (Wildman–Crippen MR) is 73.9 cm³/mol. The van der Waals surface area contributed by atoms with Gasteiger partial charge in [0.1, 0.15) is 5.75 Å². The van der Waals surface area contributed by atoms with E-state index in [2.05, 4.69) is 44.3 Å². The smallest absolute Gasteiger partial charge is 0.122 e. The van der Waals surface area contributed by atoms with Gasteiger partial charge in [0.25, 0.3) is 0 Å². The largest absolute Gasteiger partial charge is 0.496 e. The van der Waals surface area contributed by atoms with Gasteiger partial charge in [-0.3, -0.25) is 0 Å². The van der Waals surface area contributed by atoms with Crippen LogP contribution < -0.4 is 10.1 Å². The highest BCUT2D eigenvalue weighted by Crippen LogP contribution is 2.32. The van der Waals surface area contributed by atoms with Gasteiger partial charge in [-0.25, -0.2) is 0 Å². The lowest BCUT2D eigenvalue weighted by atomic mass is 9.85. The summed E-state index contributed by atoms with van der Waals surface area (Å²) in [5, 5.41) is 3.18. The van der Waals surface area contributed by atoms with Crippen molar-refractivity contribution >= 4 is 0 Å². The summed E-state index contributed by atoms with van der Waals surface area (Å²) >= 11 is 0. The van der Waals surface area contributed by atoms with E-state index >= 15 is 0 Å². The second-order valence-corrected chi connectivity index (χ2v) is 5.49. The van der Waals surface area contributed by atoms with E-state index in [-0.39, 0.29) is 5.41 Å². The molecule has 0 radical (unpaired) electrons. The summed E-state index contributed by atoms with van der Waals surface area (Å²) in [6.07, 6.45) is 2.29. The number of hydrogen-bond donors (Lipinski definition) is 1. The number of rotatable bonds is 5. The van der Waals surface area contributed by atoms with Crippen molar-refractivity contribution in [2.24, 2.45) is 0 Å². The third-order valence-electron chi connectivity index (χ3n) is 2.96. The molecule has 0 fully saturated rings. The predicted octanol–water partition coefficient (Wildman–Crippen LogP) is 3.14. The maximum atomic E-state index is 5.44. The lowest BCUT2D eigenvalue weighted by Crippen LogP contribution is -2.14. The van der Waals surface area contributed by atoms with Crippen molar-refractivity contribution in [2.75, 3.05) is 20.7 Å². The first-order valence-corrected chi connectivity index (χ1v) is 6.31. The van der Waals surface area contributed by atoms with Gasteiger partial charge in [-0.1, -0.05) is 32.9 Å². The van der Waals surface area contributed by atoms with Crippen LogP contribution in [0, 0.1) is 0 Å². The Morgan fingerprint density at radius 1 is 1.24 bits per heavy atom. The van der Waals surface area contributed by atoms with E-state index in [9.17, 15) is 0 Å². The minimum atomic E-state index is 0.129. The molecule has 1 rings (SSSR count). The molecule has 0 amide bonds. The number of nitrogens with one attached hydrogen (secondary N) is 1. The number of aryl methyl sites for hydroxylation is 1. The van der Waals surface area contributed by atoms with Crippen molar-refractivity contribution < 1.29 is 4.74 Å². The zero-order valence-electron chi connectivity index (χ0n) is 11.8. The Labute approximate surface area is 105 Å². The van der Waals surface area contributed by atoms with Crippen LogP contribution in [0.15, 0.2) is 18.2 Å². The van der Waals surface area contributed by atoms with Crippen LogP contribution in [0.3, 0.4) is 0 Å². The monoisotopic (exact) mass is 235 g/mol. The normalized spacial score (nSPS) is 11.6. The van der Waals surface area contributed by atoms with Crippen LogP contribution in [0.25, 0.3) is 0 Å². The summed E-state index contributed by atoms with van der Waals surface area (Å²) in [4.78, 5) is 0. The summed E-state index contributed by atoms with van der Waals surface area (Å²) in [5.74, 6) is 0.995. The summed E-state index contributed by atoms with van der Waals surface area (Å²) in [7, 11) is 3.74. The second-order valence-electron chi connectivity index (χ2n) is 5.49. The lowest BCUT2D eigenvalue weighted by Gasteiger charge is -2.23. The average molecular weight is 235 g/mol. The van der Waals surface area contributed by atoms with E-state index in [4.69, 9.17) is 4.74 Å². The van der Waals surface area contributed by atoms with Gasteiger partial charge < -0.3 is 10.1 Å². The van der Waals surface area contributed by atoms with Gasteiger partial charge in [0, 0.05) is 0 Å². The number of methoxy groups -OCH3 is 1. The first kappa shape index (κ1) is 14.0. The molecular weight excluding hydrogens is 210 g/mol. The summed E-state index contributed by atoms with van der Waals surface area (Å²) < 4.78 is 5.44. The molecule has 2 heteroatoms. The Balaban J connectivity index is 2.89. The fourth-order valence-corrected chi connectivity index (χ4v) is 1.97. The van der Waals surface area contributed by atoms with Crippen molar-refractivity contribution in [3.05, 3.63) is 29.3 Å². The second kappa shape index (κ2) is 6.06. The van der Waals surface area contributed by atoms with E-state index in [1.807, 2.05) is 7.05 Å². The molecule has 0 aliphatic carbocycles. The number of benzene rings is 1. The van der Waals surface area contributed by atoms with Crippen molar-refractivity contribution in [1.82, 2.24) is 5.32 Å².